The summed E-state index contributed by atoms with van der Waals surface area (Å²) in [5.74, 6) is -0.339. The summed E-state index contributed by atoms with van der Waals surface area (Å²) in [6, 6.07) is 5.26. The number of hydrogen-bond donors (Lipinski definition) is 1. The smallest absolute Gasteiger partial charge is 0.272 e. The van der Waals surface area contributed by atoms with Crippen LogP contribution in [0.2, 0.25) is 0 Å². The van der Waals surface area contributed by atoms with Crippen LogP contribution in [0.5, 0.6) is 0 Å². The number of hydrogen-bond acceptors (Lipinski definition) is 6. The van der Waals surface area contributed by atoms with Crippen LogP contribution in [0.15, 0.2) is 29.6 Å². The Morgan fingerprint density at radius 1 is 1.38 bits per heavy atom. The van der Waals surface area contributed by atoms with Gasteiger partial charge in [-0.15, -0.1) is 0 Å². The van der Waals surface area contributed by atoms with Gasteiger partial charge in [-0.25, -0.2) is 0 Å². The lowest BCUT2D eigenvalue weighted by Crippen LogP contribution is -2.40. The first-order valence-electron chi connectivity index (χ1n) is 9.00. The molecule has 0 saturated carbocycles. The van der Waals surface area contributed by atoms with Gasteiger partial charge < -0.3 is 19.8 Å². The number of oxime groups is 1. The SMILES string of the molecule is O=C(NCC1CCCO1)C1=NOC2(CCN(C(=O)c3ccccn3)C2)C1. The van der Waals surface area contributed by atoms with E-state index < -0.39 is 5.60 Å². The van der Waals surface area contributed by atoms with E-state index in [4.69, 9.17) is 9.57 Å². The van der Waals surface area contributed by atoms with Gasteiger partial charge in [0.15, 0.2) is 5.60 Å². The number of ether oxygens (including phenoxy) is 1. The highest BCUT2D eigenvalue weighted by Crippen LogP contribution is 2.34. The summed E-state index contributed by atoms with van der Waals surface area (Å²) in [7, 11) is 0. The fraction of sp³-hybridized carbons (Fsp3) is 0.556. The number of likely N-dealkylation sites (tertiary alicyclic amines) is 1. The molecular formula is C18H22N4O4. The summed E-state index contributed by atoms with van der Waals surface area (Å²) >= 11 is 0. The van der Waals surface area contributed by atoms with Crippen molar-refractivity contribution < 1.29 is 19.2 Å². The number of carbonyl (C=O) groups excluding carboxylic acids is 2. The molecule has 4 rings (SSSR count). The van der Waals surface area contributed by atoms with Crippen molar-refractivity contribution in [2.45, 2.75) is 37.4 Å². The molecule has 3 aliphatic heterocycles. The minimum absolute atomic E-state index is 0.0915. The topological polar surface area (TPSA) is 93.1 Å². The molecule has 2 atom stereocenters. The molecule has 1 aromatic rings. The zero-order chi connectivity index (χ0) is 18.0. The second-order valence-corrected chi connectivity index (χ2v) is 7.03. The van der Waals surface area contributed by atoms with Crippen molar-refractivity contribution in [2.24, 2.45) is 5.16 Å². The zero-order valence-corrected chi connectivity index (χ0v) is 14.5. The summed E-state index contributed by atoms with van der Waals surface area (Å²) in [6.45, 7) is 2.23. The van der Waals surface area contributed by atoms with E-state index in [2.05, 4.69) is 15.5 Å². The third kappa shape index (κ3) is 3.41. The Hall–Kier alpha value is -2.48. The molecule has 0 radical (unpaired) electrons. The summed E-state index contributed by atoms with van der Waals surface area (Å²) in [5, 5.41) is 6.86. The molecule has 8 heteroatoms. The van der Waals surface area contributed by atoms with Crippen molar-refractivity contribution in [1.82, 2.24) is 15.2 Å². The molecule has 0 aromatic carbocycles. The van der Waals surface area contributed by atoms with Gasteiger partial charge in [0, 0.05) is 38.7 Å². The van der Waals surface area contributed by atoms with Gasteiger partial charge in [0.1, 0.15) is 11.4 Å². The van der Waals surface area contributed by atoms with Crippen LogP contribution >= 0.6 is 0 Å². The van der Waals surface area contributed by atoms with Crippen molar-refractivity contribution >= 4 is 17.5 Å². The van der Waals surface area contributed by atoms with Crippen LogP contribution < -0.4 is 5.32 Å². The maximum Gasteiger partial charge on any atom is 0.272 e. The van der Waals surface area contributed by atoms with E-state index >= 15 is 0 Å². The van der Waals surface area contributed by atoms with Crippen molar-refractivity contribution in [3.05, 3.63) is 30.1 Å². The fourth-order valence-corrected chi connectivity index (χ4v) is 3.65. The van der Waals surface area contributed by atoms with Crippen molar-refractivity contribution in [2.75, 3.05) is 26.2 Å². The second-order valence-electron chi connectivity index (χ2n) is 7.03. The number of nitrogens with one attached hydrogen (secondary N) is 1. The number of rotatable bonds is 4. The second kappa shape index (κ2) is 7.03. The number of carbonyl (C=O) groups is 2. The monoisotopic (exact) mass is 358 g/mol. The third-order valence-corrected chi connectivity index (χ3v) is 5.10. The predicted octanol–water partition coefficient (Wildman–Crippen LogP) is 0.738. The van der Waals surface area contributed by atoms with Gasteiger partial charge in [0.2, 0.25) is 0 Å². The molecule has 2 amide bonds. The Bertz CT molecular complexity index is 717. The highest BCUT2D eigenvalue weighted by Gasteiger charge is 2.48. The van der Waals surface area contributed by atoms with Crippen LogP contribution in [0, 0.1) is 0 Å². The van der Waals surface area contributed by atoms with Gasteiger partial charge in [-0.05, 0) is 25.0 Å². The largest absolute Gasteiger partial charge is 0.386 e. The van der Waals surface area contributed by atoms with Crippen LogP contribution in [-0.4, -0.2) is 65.4 Å². The number of amides is 2. The molecule has 3 aliphatic rings. The molecule has 2 saturated heterocycles. The Morgan fingerprint density at radius 2 is 2.31 bits per heavy atom. The van der Waals surface area contributed by atoms with Crippen LogP contribution in [0.1, 0.15) is 36.2 Å². The zero-order valence-electron chi connectivity index (χ0n) is 14.5. The highest BCUT2D eigenvalue weighted by atomic mass is 16.7. The average molecular weight is 358 g/mol. The first kappa shape index (κ1) is 17.0. The summed E-state index contributed by atoms with van der Waals surface area (Å²) in [4.78, 5) is 36.3. The van der Waals surface area contributed by atoms with Crippen LogP contribution in [-0.2, 0) is 14.4 Å². The first-order valence-corrected chi connectivity index (χ1v) is 9.00. The quantitative estimate of drug-likeness (QED) is 0.857. The molecule has 2 fully saturated rings. The van der Waals surface area contributed by atoms with Crippen LogP contribution in [0.4, 0.5) is 0 Å². The lowest BCUT2D eigenvalue weighted by atomic mass is 9.96. The van der Waals surface area contributed by atoms with Gasteiger partial charge in [0.25, 0.3) is 11.8 Å². The molecule has 8 nitrogen and oxygen atoms in total. The molecule has 0 bridgehead atoms. The minimum Gasteiger partial charge on any atom is -0.386 e. The summed E-state index contributed by atoms with van der Waals surface area (Å²) < 4.78 is 5.51. The van der Waals surface area contributed by atoms with Gasteiger partial charge in [-0.1, -0.05) is 11.2 Å². The lowest BCUT2D eigenvalue weighted by Gasteiger charge is -2.21. The van der Waals surface area contributed by atoms with E-state index in [-0.39, 0.29) is 17.9 Å². The number of nitrogens with zero attached hydrogens (tertiary/aromatic N) is 3. The van der Waals surface area contributed by atoms with Crippen LogP contribution in [0.3, 0.4) is 0 Å². The maximum atomic E-state index is 12.5. The Balaban J connectivity index is 1.31. The molecule has 138 valence electrons. The molecular weight excluding hydrogens is 336 g/mol. The normalized spacial score (nSPS) is 27.5. The molecule has 4 heterocycles. The Morgan fingerprint density at radius 3 is 3.08 bits per heavy atom. The minimum atomic E-state index is -0.596. The van der Waals surface area contributed by atoms with Gasteiger partial charge in [0.05, 0.1) is 12.6 Å². The van der Waals surface area contributed by atoms with Crippen molar-refractivity contribution in [3.8, 4) is 0 Å². The fourth-order valence-electron chi connectivity index (χ4n) is 3.65. The standard InChI is InChI=1S/C18H22N4O4/c23-16(20-11-13-4-3-9-25-13)15-10-18(26-21-15)6-8-22(12-18)17(24)14-5-1-2-7-19-14/h1-2,5,7,13H,3-4,6,8-12H2,(H,20,23). The van der Waals surface area contributed by atoms with Crippen LogP contribution in [0.25, 0.3) is 0 Å². The first-order chi connectivity index (χ1) is 12.7. The highest BCUT2D eigenvalue weighted by molar-refractivity contribution is 6.39. The predicted molar refractivity (Wildman–Crippen MR) is 92.6 cm³/mol. The molecule has 0 aliphatic carbocycles. The van der Waals surface area contributed by atoms with Gasteiger partial charge in [-0.3, -0.25) is 14.6 Å². The maximum absolute atomic E-state index is 12.5. The molecule has 1 N–H and O–H groups in total. The molecule has 26 heavy (non-hydrogen) atoms. The number of aromatic nitrogens is 1. The average Bonchev–Trinajstić information content (AvgIpc) is 3.42. The van der Waals surface area contributed by atoms with E-state index in [0.717, 1.165) is 19.4 Å². The van der Waals surface area contributed by atoms with Crippen molar-refractivity contribution in [1.29, 1.82) is 0 Å². The summed E-state index contributed by atoms with van der Waals surface area (Å²) in [6.07, 6.45) is 4.76. The molecule has 1 spiro atoms. The van der Waals surface area contributed by atoms with E-state index in [1.54, 1.807) is 29.3 Å². The van der Waals surface area contributed by atoms with E-state index in [0.29, 0.717) is 43.9 Å². The van der Waals surface area contributed by atoms with E-state index in [1.807, 2.05) is 0 Å². The van der Waals surface area contributed by atoms with Gasteiger partial charge >= 0.3 is 0 Å². The van der Waals surface area contributed by atoms with Crippen molar-refractivity contribution in [3.63, 3.8) is 0 Å². The number of pyridine rings is 1. The molecule has 1 aromatic heterocycles. The third-order valence-electron chi connectivity index (χ3n) is 5.10. The van der Waals surface area contributed by atoms with E-state index in [1.165, 1.54) is 0 Å². The Kier molecular flexibility index (Phi) is 4.58. The summed E-state index contributed by atoms with van der Waals surface area (Å²) in [5.41, 5.74) is 0.203. The lowest BCUT2D eigenvalue weighted by molar-refractivity contribution is -0.115. The molecule has 2 unspecified atom stereocenters. The van der Waals surface area contributed by atoms with E-state index in [9.17, 15) is 9.59 Å². The van der Waals surface area contributed by atoms with Gasteiger partial charge in [-0.2, -0.15) is 0 Å². The Labute approximate surface area is 151 Å².